The van der Waals surface area contributed by atoms with Crippen molar-refractivity contribution in [3.63, 3.8) is 0 Å². The van der Waals surface area contributed by atoms with Crippen LogP contribution in [0, 0.1) is 0 Å². The van der Waals surface area contributed by atoms with Gasteiger partial charge in [-0.3, -0.25) is 5.10 Å². The normalized spacial score (nSPS) is 12.7. The third kappa shape index (κ3) is 2.40. The van der Waals surface area contributed by atoms with Crippen LogP contribution in [0.3, 0.4) is 0 Å². The van der Waals surface area contributed by atoms with Crippen molar-refractivity contribution in [2.24, 2.45) is 5.73 Å². The van der Waals surface area contributed by atoms with E-state index < -0.39 is 0 Å². The summed E-state index contributed by atoms with van der Waals surface area (Å²) in [5.74, 6) is 1.41. The Morgan fingerprint density at radius 1 is 1.44 bits per heavy atom. The molecule has 5 heteroatoms. The molecule has 1 aromatic heterocycles. The van der Waals surface area contributed by atoms with Gasteiger partial charge in [-0.2, -0.15) is 5.10 Å². The van der Waals surface area contributed by atoms with E-state index in [2.05, 4.69) is 15.2 Å². The minimum Gasteiger partial charge on any atom is -0.321 e. The van der Waals surface area contributed by atoms with Gasteiger partial charge in [0.15, 0.2) is 5.82 Å². The quantitative estimate of drug-likeness (QED) is 0.857. The van der Waals surface area contributed by atoms with Gasteiger partial charge in [-0.15, -0.1) is 0 Å². The van der Waals surface area contributed by atoms with Crippen molar-refractivity contribution in [2.45, 2.75) is 19.4 Å². The van der Waals surface area contributed by atoms with E-state index in [1.165, 1.54) is 0 Å². The molecule has 1 heterocycles. The molecule has 16 heavy (non-hydrogen) atoms. The van der Waals surface area contributed by atoms with Crippen molar-refractivity contribution in [2.75, 3.05) is 0 Å². The second-order valence-corrected chi connectivity index (χ2v) is 4.10. The zero-order chi connectivity index (χ0) is 11.5. The second kappa shape index (κ2) is 4.63. The van der Waals surface area contributed by atoms with Gasteiger partial charge in [0, 0.05) is 11.4 Å². The highest BCUT2D eigenvalue weighted by Gasteiger charge is 2.08. The molecule has 0 aliphatic carbocycles. The molecule has 0 spiro atoms. The first kappa shape index (κ1) is 11.1. The predicted molar refractivity (Wildman–Crippen MR) is 63.2 cm³/mol. The van der Waals surface area contributed by atoms with Crippen LogP contribution in [0.25, 0.3) is 0 Å². The molecule has 2 rings (SSSR count). The SMILES string of the molecule is CC(N)c1n[nH]c(Cc2ccccc2Cl)n1. The standard InChI is InChI=1S/C11H13ClN4/c1-7(13)11-14-10(15-16-11)6-8-4-2-3-5-9(8)12/h2-5,7H,6,13H2,1H3,(H,14,15,16). The van der Waals surface area contributed by atoms with Crippen molar-refractivity contribution >= 4 is 11.6 Å². The molecule has 1 aromatic carbocycles. The van der Waals surface area contributed by atoms with Crippen molar-refractivity contribution in [1.29, 1.82) is 0 Å². The van der Waals surface area contributed by atoms with Gasteiger partial charge in [-0.1, -0.05) is 29.8 Å². The summed E-state index contributed by atoms with van der Waals surface area (Å²) in [4.78, 5) is 4.30. The molecular weight excluding hydrogens is 224 g/mol. The third-order valence-corrected chi connectivity index (χ3v) is 2.64. The maximum absolute atomic E-state index is 6.06. The van der Waals surface area contributed by atoms with Gasteiger partial charge in [-0.25, -0.2) is 4.98 Å². The molecule has 0 amide bonds. The molecule has 0 saturated heterocycles. The van der Waals surface area contributed by atoms with Crippen molar-refractivity contribution in [3.8, 4) is 0 Å². The molecule has 1 atom stereocenters. The summed E-state index contributed by atoms with van der Waals surface area (Å²) in [5, 5.41) is 7.64. The predicted octanol–water partition coefficient (Wildman–Crippen LogP) is 2.07. The molecule has 3 N–H and O–H groups in total. The Balaban J connectivity index is 2.18. The molecule has 0 bridgehead atoms. The zero-order valence-electron chi connectivity index (χ0n) is 8.94. The number of nitrogens with one attached hydrogen (secondary N) is 1. The molecular formula is C11H13ClN4. The summed E-state index contributed by atoms with van der Waals surface area (Å²) in [6, 6.07) is 7.52. The Morgan fingerprint density at radius 3 is 2.81 bits per heavy atom. The number of aromatic nitrogens is 3. The van der Waals surface area contributed by atoms with Gasteiger partial charge in [-0.05, 0) is 18.6 Å². The second-order valence-electron chi connectivity index (χ2n) is 3.70. The van der Waals surface area contributed by atoms with Crippen LogP contribution in [0.4, 0.5) is 0 Å². The van der Waals surface area contributed by atoms with Crippen molar-refractivity contribution in [3.05, 3.63) is 46.5 Å². The maximum Gasteiger partial charge on any atom is 0.167 e. The molecule has 0 aliphatic heterocycles. The Bertz CT molecular complexity index is 478. The van der Waals surface area contributed by atoms with Gasteiger partial charge in [0.05, 0.1) is 6.04 Å². The van der Waals surface area contributed by atoms with E-state index in [9.17, 15) is 0 Å². The van der Waals surface area contributed by atoms with Crippen LogP contribution in [-0.2, 0) is 6.42 Å². The fraction of sp³-hybridized carbons (Fsp3) is 0.273. The first-order valence-electron chi connectivity index (χ1n) is 5.07. The minimum absolute atomic E-state index is 0.156. The molecule has 0 radical (unpaired) electrons. The molecule has 0 fully saturated rings. The zero-order valence-corrected chi connectivity index (χ0v) is 9.70. The lowest BCUT2D eigenvalue weighted by Gasteiger charge is -2.00. The van der Waals surface area contributed by atoms with E-state index in [0.29, 0.717) is 12.2 Å². The fourth-order valence-corrected chi connectivity index (χ4v) is 1.62. The van der Waals surface area contributed by atoms with Crippen molar-refractivity contribution in [1.82, 2.24) is 15.2 Å². The summed E-state index contributed by atoms with van der Waals surface area (Å²) >= 11 is 6.06. The Morgan fingerprint density at radius 2 is 2.19 bits per heavy atom. The van der Waals surface area contributed by atoms with E-state index in [0.717, 1.165) is 16.4 Å². The molecule has 0 aliphatic rings. The summed E-state index contributed by atoms with van der Waals surface area (Å²) in [6.07, 6.45) is 0.638. The highest BCUT2D eigenvalue weighted by atomic mass is 35.5. The van der Waals surface area contributed by atoms with E-state index in [-0.39, 0.29) is 6.04 Å². The molecule has 2 aromatic rings. The molecule has 84 valence electrons. The average Bonchev–Trinajstić information content (AvgIpc) is 2.70. The Labute approximate surface area is 98.8 Å². The number of nitrogens with zero attached hydrogens (tertiary/aromatic N) is 2. The first-order valence-corrected chi connectivity index (χ1v) is 5.45. The minimum atomic E-state index is -0.156. The lowest BCUT2D eigenvalue weighted by Crippen LogP contribution is -2.06. The number of nitrogens with two attached hydrogens (primary N) is 1. The van der Waals surface area contributed by atoms with Crippen LogP contribution in [0.1, 0.15) is 30.2 Å². The maximum atomic E-state index is 6.06. The van der Waals surface area contributed by atoms with Gasteiger partial charge in [0.25, 0.3) is 0 Å². The lowest BCUT2D eigenvalue weighted by atomic mass is 10.1. The fourth-order valence-electron chi connectivity index (χ4n) is 1.41. The highest BCUT2D eigenvalue weighted by Crippen LogP contribution is 2.17. The van der Waals surface area contributed by atoms with Crippen LogP contribution in [-0.4, -0.2) is 15.2 Å². The smallest absolute Gasteiger partial charge is 0.167 e. The summed E-state index contributed by atoms with van der Waals surface area (Å²) in [7, 11) is 0. The number of H-pyrrole nitrogens is 1. The number of benzene rings is 1. The van der Waals surface area contributed by atoms with Crippen LogP contribution in [0.15, 0.2) is 24.3 Å². The van der Waals surface area contributed by atoms with Crippen LogP contribution < -0.4 is 5.73 Å². The number of hydrogen-bond acceptors (Lipinski definition) is 3. The lowest BCUT2D eigenvalue weighted by molar-refractivity contribution is 0.744. The van der Waals surface area contributed by atoms with E-state index >= 15 is 0 Å². The van der Waals surface area contributed by atoms with E-state index in [4.69, 9.17) is 17.3 Å². The average molecular weight is 237 g/mol. The summed E-state index contributed by atoms with van der Waals surface area (Å²) in [5.41, 5.74) is 6.70. The van der Waals surface area contributed by atoms with Crippen LogP contribution >= 0.6 is 11.6 Å². The molecule has 1 unspecified atom stereocenters. The number of hydrogen-bond donors (Lipinski definition) is 2. The number of rotatable bonds is 3. The summed E-state index contributed by atoms with van der Waals surface area (Å²) < 4.78 is 0. The van der Waals surface area contributed by atoms with Crippen LogP contribution in [0.2, 0.25) is 5.02 Å². The topological polar surface area (TPSA) is 67.6 Å². The van der Waals surface area contributed by atoms with E-state index in [1.807, 2.05) is 31.2 Å². The van der Waals surface area contributed by atoms with Gasteiger partial charge in [0.2, 0.25) is 0 Å². The first-order chi connectivity index (χ1) is 7.66. The number of aromatic amines is 1. The monoisotopic (exact) mass is 236 g/mol. The van der Waals surface area contributed by atoms with Gasteiger partial charge >= 0.3 is 0 Å². The molecule has 0 saturated carbocycles. The van der Waals surface area contributed by atoms with Gasteiger partial charge in [0.1, 0.15) is 5.82 Å². The largest absolute Gasteiger partial charge is 0.321 e. The molecule has 4 nitrogen and oxygen atoms in total. The van der Waals surface area contributed by atoms with Gasteiger partial charge < -0.3 is 5.73 Å². The van der Waals surface area contributed by atoms with E-state index in [1.54, 1.807) is 0 Å². The van der Waals surface area contributed by atoms with Crippen LogP contribution in [0.5, 0.6) is 0 Å². The van der Waals surface area contributed by atoms with Crippen molar-refractivity contribution < 1.29 is 0 Å². The highest BCUT2D eigenvalue weighted by molar-refractivity contribution is 6.31. The Kier molecular flexibility index (Phi) is 3.22. The third-order valence-electron chi connectivity index (χ3n) is 2.27. The Hall–Kier alpha value is -1.39. The number of halogens is 1. The summed E-state index contributed by atoms with van der Waals surface area (Å²) in [6.45, 7) is 1.85.